The fraction of sp³-hybridized carbons (Fsp3) is 0.300. The van der Waals surface area contributed by atoms with Gasteiger partial charge in [0.2, 0.25) is 0 Å². The van der Waals surface area contributed by atoms with Gasteiger partial charge in [0.1, 0.15) is 17.9 Å². The van der Waals surface area contributed by atoms with Gasteiger partial charge in [-0.3, -0.25) is 4.79 Å². The fourth-order valence-electron chi connectivity index (χ4n) is 1.21. The minimum absolute atomic E-state index is 0.0828. The number of alkyl halides is 3. The Labute approximate surface area is 99.6 Å². The number of carbonyl (C=O) groups is 1. The number of hydrogen-bond donors (Lipinski definition) is 3. The molecule has 2 atom stereocenters. The summed E-state index contributed by atoms with van der Waals surface area (Å²) in [5.41, 5.74) is 5.25. The number of halogens is 3. The van der Waals surface area contributed by atoms with Gasteiger partial charge in [-0.1, -0.05) is 12.1 Å². The van der Waals surface area contributed by atoms with Crippen LogP contribution in [0.1, 0.15) is 11.7 Å². The van der Waals surface area contributed by atoms with Crippen LogP contribution in [0.5, 0.6) is 5.75 Å². The Morgan fingerprint density at radius 3 is 2.17 bits per heavy atom. The van der Waals surface area contributed by atoms with Crippen molar-refractivity contribution in [2.24, 2.45) is 5.73 Å². The van der Waals surface area contributed by atoms with Crippen LogP contribution in [0.4, 0.5) is 13.2 Å². The third-order valence-corrected chi connectivity index (χ3v) is 2.08. The molecule has 2 unspecified atom stereocenters. The zero-order valence-corrected chi connectivity index (χ0v) is 8.89. The van der Waals surface area contributed by atoms with Crippen molar-refractivity contribution in [3.63, 3.8) is 0 Å². The van der Waals surface area contributed by atoms with Crippen molar-refractivity contribution in [3.8, 4) is 5.75 Å². The number of ether oxygens (including phenoxy) is 1. The summed E-state index contributed by atoms with van der Waals surface area (Å²) in [6.07, 6.45) is -6.32. The molecule has 0 aliphatic carbocycles. The molecule has 0 heterocycles. The van der Waals surface area contributed by atoms with Gasteiger partial charge < -0.3 is 20.7 Å². The maximum atomic E-state index is 11.9. The van der Waals surface area contributed by atoms with Crippen molar-refractivity contribution < 1.29 is 32.9 Å². The van der Waals surface area contributed by atoms with Gasteiger partial charge in [-0.05, 0) is 17.7 Å². The van der Waals surface area contributed by atoms with Crippen molar-refractivity contribution >= 4 is 5.97 Å². The van der Waals surface area contributed by atoms with Crippen LogP contribution in [0.2, 0.25) is 0 Å². The van der Waals surface area contributed by atoms with Gasteiger partial charge in [0.05, 0.1) is 0 Å². The van der Waals surface area contributed by atoms with Crippen LogP contribution < -0.4 is 10.5 Å². The van der Waals surface area contributed by atoms with Gasteiger partial charge in [0.15, 0.2) is 0 Å². The molecule has 0 aliphatic heterocycles. The first kappa shape index (κ1) is 14.3. The lowest BCUT2D eigenvalue weighted by Crippen LogP contribution is -2.36. The average molecular weight is 265 g/mol. The number of nitrogens with two attached hydrogens (primary N) is 1. The third kappa shape index (κ3) is 3.90. The zero-order chi connectivity index (χ0) is 13.9. The molecule has 0 bridgehead atoms. The van der Waals surface area contributed by atoms with E-state index < -0.39 is 30.2 Å². The molecule has 0 aromatic heterocycles. The highest BCUT2D eigenvalue weighted by molar-refractivity contribution is 5.74. The van der Waals surface area contributed by atoms with Crippen molar-refractivity contribution in [2.45, 2.75) is 18.5 Å². The summed E-state index contributed by atoms with van der Waals surface area (Å²) >= 11 is 0. The number of aliphatic hydroxyl groups is 1. The molecular formula is C10H10F3NO4. The Kier molecular flexibility index (Phi) is 4.15. The van der Waals surface area contributed by atoms with Crippen LogP contribution in [-0.4, -0.2) is 28.6 Å². The van der Waals surface area contributed by atoms with Crippen molar-refractivity contribution in [3.05, 3.63) is 29.8 Å². The second kappa shape index (κ2) is 5.23. The summed E-state index contributed by atoms with van der Waals surface area (Å²) in [7, 11) is 0. The minimum Gasteiger partial charge on any atom is -0.480 e. The molecule has 4 N–H and O–H groups in total. The Morgan fingerprint density at radius 2 is 1.78 bits per heavy atom. The minimum atomic E-state index is -4.81. The smallest absolute Gasteiger partial charge is 0.480 e. The van der Waals surface area contributed by atoms with Crippen LogP contribution in [0.3, 0.4) is 0 Å². The molecule has 100 valence electrons. The summed E-state index contributed by atoms with van der Waals surface area (Å²) in [6, 6.07) is 2.57. The van der Waals surface area contributed by atoms with Gasteiger partial charge >= 0.3 is 12.3 Å². The summed E-state index contributed by atoms with van der Waals surface area (Å²) in [4.78, 5) is 10.5. The van der Waals surface area contributed by atoms with Gasteiger partial charge in [0, 0.05) is 0 Å². The van der Waals surface area contributed by atoms with E-state index in [0.717, 1.165) is 24.3 Å². The summed E-state index contributed by atoms with van der Waals surface area (Å²) in [5.74, 6) is -1.89. The lowest BCUT2D eigenvalue weighted by atomic mass is 10.0. The fourth-order valence-corrected chi connectivity index (χ4v) is 1.21. The molecule has 1 aromatic rings. The van der Waals surface area contributed by atoms with Crippen molar-refractivity contribution in [2.75, 3.05) is 0 Å². The largest absolute Gasteiger partial charge is 0.573 e. The molecule has 1 aromatic carbocycles. The Morgan fingerprint density at radius 1 is 1.28 bits per heavy atom. The van der Waals surface area contributed by atoms with Gasteiger partial charge in [-0.25, -0.2) is 0 Å². The quantitative estimate of drug-likeness (QED) is 0.756. The standard InChI is InChI=1S/C10H10F3NO4/c11-10(12,13)18-6-3-1-5(2-4-6)8(15)7(14)9(16)17/h1-4,7-8,15H,14H2,(H,16,17). The van der Waals surface area contributed by atoms with Crippen molar-refractivity contribution in [1.82, 2.24) is 0 Å². The molecule has 0 radical (unpaired) electrons. The Balaban J connectivity index is 2.80. The highest BCUT2D eigenvalue weighted by Crippen LogP contribution is 2.25. The van der Waals surface area contributed by atoms with E-state index in [2.05, 4.69) is 4.74 Å². The SMILES string of the molecule is NC(C(=O)O)C(O)c1ccc(OC(F)(F)F)cc1. The topological polar surface area (TPSA) is 92.8 Å². The number of benzene rings is 1. The number of aliphatic hydroxyl groups excluding tert-OH is 1. The molecule has 0 saturated heterocycles. The van der Waals surface area contributed by atoms with E-state index in [4.69, 9.17) is 10.8 Å². The Hall–Kier alpha value is -1.80. The van der Waals surface area contributed by atoms with Crippen molar-refractivity contribution in [1.29, 1.82) is 0 Å². The van der Waals surface area contributed by atoms with E-state index >= 15 is 0 Å². The number of aliphatic carboxylic acids is 1. The summed E-state index contributed by atoms with van der Waals surface area (Å²) < 4.78 is 39.2. The molecule has 8 heteroatoms. The predicted octanol–water partition coefficient (Wildman–Crippen LogP) is 1.03. The number of carboxylic acid groups (broad SMARTS) is 1. The Bertz CT molecular complexity index is 418. The van der Waals surface area contributed by atoms with E-state index in [1.54, 1.807) is 0 Å². The predicted molar refractivity (Wildman–Crippen MR) is 53.7 cm³/mol. The van der Waals surface area contributed by atoms with Gasteiger partial charge in [-0.2, -0.15) is 0 Å². The average Bonchev–Trinajstić information content (AvgIpc) is 2.26. The van der Waals surface area contributed by atoms with E-state index in [1.807, 2.05) is 0 Å². The first-order chi connectivity index (χ1) is 8.20. The van der Waals surface area contributed by atoms with Crippen LogP contribution in [0, 0.1) is 0 Å². The number of rotatable bonds is 4. The van der Waals surface area contributed by atoms with E-state index in [9.17, 15) is 23.1 Å². The maximum absolute atomic E-state index is 11.9. The lowest BCUT2D eigenvalue weighted by molar-refractivity contribution is -0.274. The first-order valence-corrected chi connectivity index (χ1v) is 4.73. The normalized spacial score (nSPS) is 14.9. The molecule has 0 spiro atoms. The van der Waals surface area contributed by atoms with Crippen LogP contribution in [0.15, 0.2) is 24.3 Å². The molecule has 18 heavy (non-hydrogen) atoms. The highest BCUT2D eigenvalue weighted by atomic mass is 19.4. The summed E-state index contributed by atoms with van der Waals surface area (Å²) in [6.45, 7) is 0. The maximum Gasteiger partial charge on any atom is 0.573 e. The molecular weight excluding hydrogens is 255 g/mol. The van der Waals surface area contributed by atoms with E-state index in [0.29, 0.717) is 0 Å². The van der Waals surface area contributed by atoms with Crippen LogP contribution in [0.25, 0.3) is 0 Å². The molecule has 1 rings (SSSR count). The van der Waals surface area contributed by atoms with Crippen LogP contribution in [-0.2, 0) is 4.79 Å². The zero-order valence-electron chi connectivity index (χ0n) is 8.89. The number of carboxylic acids is 1. The van der Waals surface area contributed by atoms with Gasteiger partial charge in [-0.15, -0.1) is 13.2 Å². The molecule has 0 aliphatic rings. The second-order valence-corrected chi connectivity index (χ2v) is 3.43. The lowest BCUT2D eigenvalue weighted by Gasteiger charge is -2.15. The molecule has 5 nitrogen and oxygen atoms in total. The highest BCUT2D eigenvalue weighted by Gasteiger charge is 2.31. The molecule has 0 amide bonds. The second-order valence-electron chi connectivity index (χ2n) is 3.43. The van der Waals surface area contributed by atoms with Gasteiger partial charge in [0.25, 0.3) is 0 Å². The summed E-state index contributed by atoms with van der Waals surface area (Å²) in [5, 5.41) is 18.1. The van der Waals surface area contributed by atoms with Crippen LogP contribution >= 0.6 is 0 Å². The van der Waals surface area contributed by atoms with E-state index in [1.165, 1.54) is 0 Å². The van der Waals surface area contributed by atoms with E-state index in [-0.39, 0.29) is 5.56 Å². The third-order valence-electron chi connectivity index (χ3n) is 2.08. The molecule has 0 saturated carbocycles. The first-order valence-electron chi connectivity index (χ1n) is 4.73. The monoisotopic (exact) mass is 265 g/mol. The molecule has 0 fully saturated rings. The number of hydrogen-bond acceptors (Lipinski definition) is 4.